The monoisotopic (exact) mass is 393 g/mol. The number of carbonyl (C=O) groups excluding carboxylic acids is 1. The largest absolute Gasteiger partial charge is 0.481 e. The molecule has 2 rings (SSSR count). The van der Waals surface area contributed by atoms with Crippen molar-refractivity contribution in [1.29, 1.82) is 0 Å². The van der Waals surface area contributed by atoms with Crippen LogP contribution in [0.15, 0.2) is 28.6 Å². The summed E-state index contributed by atoms with van der Waals surface area (Å²) in [4.78, 5) is 12.3. The van der Waals surface area contributed by atoms with Crippen molar-refractivity contribution < 1.29 is 9.53 Å². The Morgan fingerprint density at radius 1 is 1.27 bits per heavy atom. The predicted molar refractivity (Wildman–Crippen MR) is 109 cm³/mol. The molecule has 0 aliphatic heterocycles. The molecule has 26 heavy (non-hydrogen) atoms. The van der Waals surface area contributed by atoms with Crippen molar-refractivity contribution in [3.63, 3.8) is 0 Å². The quantitative estimate of drug-likeness (QED) is 0.382. The van der Waals surface area contributed by atoms with Crippen molar-refractivity contribution in [2.24, 2.45) is 0 Å². The zero-order valence-electron chi connectivity index (χ0n) is 16.0. The number of hydrogen-bond donors (Lipinski definition) is 1. The maximum Gasteiger partial charge on any atom is 0.266 e. The lowest BCUT2D eigenvalue weighted by atomic mass is 9.87. The Bertz CT molecular complexity index is 708. The lowest BCUT2D eigenvalue weighted by Crippen LogP contribution is -2.30. The van der Waals surface area contributed by atoms with Crippen LogP contribution >= 0.6 is 23.1 Å². The van der Waals surface area contributed by atoms with E-state index >= 15 is 0 Å². The van der Waals surface area contributed by atoms with Gasteiger partial charge in [-0.25, -0.2) is 0 Å². The summed E-state index contributed by atoms with van der Waals surface area (Å²) in [6, 6.07) is 7.87. The molecule has 0 aliphatic rings. The van der Waals surface area contributed by atoms with Gasteiger partial charge in [0.2, 0.25) is 5.13 Å². The highest BCUT2D eigenvalue weighted by atomic mass is 32.2. The van der Waals surface area contributed by atoms with Gasteiger partial charge in [0.1, 0.15) is 5.75 Å². The molecule has 0 saturated carbocycles. The van der Waals surface area contributed by atoms with Crippen LogP contribution < -0.4 is 10.1 Å². The summed E-state index contributed by atoms with van der Waals surface area (Å²) >= 11 is 3.06. The molecule has 0 bridgehead atoms. The molecule has 1 atom stereocenters. The van der Waals surface area contributed by atoms with Gasteiger partial charge < -0.3 is 4.74 Å². The number of amides is 1. The van der Waals surface area contributed by atoms with Gasteiger partial charge in [0.25, 0.3) is 5.91 Å². The number of nitrogens with zero attached hydrogens (tertiary/aromatic N) is 2. The Labute approximate surface area is 163 Å². The molecule has 0 spiro atoms. The smallest absolute Gasteiger partial charge is 0.266 e. The van der Waals surface area contributed by atoms with Crippen molar-refractivity contribution in [2.45, 2.75) is 63.3 Å². The number of ether oxygens (including phenoxy) is 1. The van der Waals surface area contributed by atoms with E-state index < -0.39 is 6.10 Å². The van der Waals surface area contributed by atoms with Crippen LogP contribution in [0, 0.1) is 0 Å². The normalized spacial score (nSPS) is 12.7. The molecule has 1 N–H and O–H groups in total. The fraction of sp³-hybridized carbons (Fsp3) is 0.526. The van der Waals surface area contributed by atoms with Gasteiger partial charge in [-0.15, -0.1) is 10.2 Å². The SMILES string of the molecule is CCCCSc1nnc(NC(=O)C(C)Oc2ccc(C(C)(C)C)cc2)s1. The Hall–Kier alpha value is -1.60. The van der Waals surface area contributed by atoms with Crippen molar-refractivity contribution >= 4 is 34.1 Å². The number of carbonyl (C=O) groups is 1. The first-order chi connectivity index (χ1) is 12.3. The highest BCUT2D eigenvalue weighted by Crippen LogP contribution is 2.27. The number of thioether (sulfide) groups is 1. The minimum absolute atomic E-state index is 0.0895. The standard InChI is InChI=1S/C19H27N3O2S2/c1-6-7-12-25-18-22-21-17(26-18)20-16(23)13(2)24-15-10-8-14(9-11-15)19(3,4)5/h8-11,13H,6-7,12H2,1-5H3,(H,20,21,23). The third-order valence-corrected chi connectivity index (χ3v) is 5.82. The van der Waals surface area contributed by atoms with Crippen LogP contribution in [-0.4, -0.2) is 28.0 Å². The first kappa shape index (κ1) is 20.7. The van der Waals surface area contributed by atoms with E-state index in [1.54, 1.807) is 18.7 Å². The minimum atomic E-state index is -0.615. The van der Waals surface area contributed by atoms with Crippen LogP contribution in [0.3, 0.4) is 0 Å². The summed E-state index contributed by atoms with van der Waals surface area (Å²) in [5.74, 6) is 1.46. The maximum atomic E-state index is 12.3. The number of benzene rings is 1. The molecule has 7 heteroatoms. The molecular weight excluding hydrogens is 366 g/mol. The Kier molecular flexibility index (Phi) is 7.46. The molecular formula is C19H27N3O2S2. The molecule has 0 saturated heterocycles. The summed E-state index contributed by atoms with van der Waals surface area (Å²) in [7, 11) is 0. The molecule has 1 amide bonds. The highest BCUT2D eigenvalue weighted by molar-refractivity contribution is 8.01. The molecule has 1 aromatic heterocycles. The Balaban J connectivity index is 1.87. The van der Waals surface area contributed by atoms with Gasteiger partial charge in [-0.05, 0) is 36.5 Å². The number of anilines is 1. The Morgan fingerprint density at radius 3 is 2.58 bits per heavy atom. The van der Waals surface area contributed by atoms with E-state index in [0.717, 1.165) is 22.9 Å². The third kappa shape index (κ3) is 6.29. The van der Waals surface area contributed by atoms with E-state index in [4.69, 9.17) is 4.74 Å². The summed E-state index contributed by atoms with van der Waals surface area (Å²) < 4.78 is 6.62. The average molecular weight is 394 g/mol. The van der Waals surface area contributed by atoms with E-state index in [-0.39, 0.29) is 11.3 Å². The number of unbranched alkanes of at least 4 members (excludes halogenated alkanes) is 1. The predicted octanol–water partition coefficient (Wildman–Crippen LogP) is 5.13. The van der Waals surface area contributed by atoms with E-state index in [2.05, 4.69) is 43.2 Å². The first-order valence-corrected chi connectivity index (χ1v) is 10.6. The van der Waals surface area contributed by atoms with Gasteiger partial charge in [0.15, 0.2) is 10.4 Å². The molecule has 0 aliphatic carbocycles. The zero-order chi connectivity index (χ0) is 19.2. The second-order valence-corrected chi connectivity index (χ2v) is 9.42. The van der Waals surface area contributed by atoms with Gasteiger partial charge in [0.05, 0.1) is 0 Å². The zero-order valence-corrected chi connectivity index (χ0v) is 17.7. The van der Waals surface area contributed by atoms with Gasteiger partial charge in [-0.3, -0.25) is 10.1 Å². The number of rotatable bonds is 8. The molecule has 142 valence electrons. The minimum Gasteiger partial charge on any atom is -0.481 e. The summed E-state index contributed by atoms with van der Waals surface area (Å²) in [6.07, 6.45) is 1.68. The van der Waals surface area contributed by atoms with Gasteiger partial charge >= 0.3 is 0 Å². The second kappa shape index (κ2) is 9.37. The summed E-state index contributed by atoms with van der Waals surface area (Å²) in [6.45, 7) is 10.4. The van der Waals surface area contributed by atoms with E-state index in [0.29, 0.717) is 10.9 Å². The fourth-order valence-electron chi connectivity index (χ4n) is 2.12. The lowest BCUT2D eigenvalue weighted by Gasteiger charge is -2.20. The van der Waals surface area contributed by atoms with E-state index in [9.17, 15) is 4.79 Å². The van der Waals surface area contributed by atoms with Crippen molar-refractivity contribution in [3.05, 3.63) is 29.8 Å². The molecule has 0 fully saturated rings. The van der Waals surface area contributed by atoms with E-state index in [1.165, 1.54) is 16.9 Å². The highest BCUT2D eigenvalue weighted by Gasteiger charge is 2.18. The molecule has 5 nitrogen and oxygen atoms in total. The van der Waals surface area contributed by atoms with Gasteiger partial charge in [-0.1, -0.05) is 69.3 Å². The van der Waals surface area contributed by atoms with E-state index in [1.807, 2.05) is 24.3 Å². The van der Waals surface area contributed by atoms with Crippen molar-refractivity contribution in [3.8, 4) is 5.75 Å². The number of nitrogens with one attached hydrogen (secondary N) is 1. The van der Waals surface area contributed by atoms with Crippen LogP contribution in [0.4, 0.5) is 5.13 Å². The van der Waals surface area contributed by atoms with Crippen molar-refractivity contribution in [1.82, 2.24) is 10.2 Å². The topological polar surface area (TPSA) is 64.1 Å². The second-order valence-electron chi connectivity index (χ2n) is 7.10. The molecule has 1 heterocycles. The van der Waals surface area contributed by atoms with Crippen LogP contribution in [0.1, 0.15) is 53.0 Å². The van der Waals surface area contributed by atoms with Gasteiger partial charge in [0, 0.05) is 5.75 Å². The molecule has 2 aromatic rings. The van der Waals surface area contributed by atoms with Crippen LogP contribution in [0.25, 0.3) is 0 Å². The average Bonchev–Trinajstić information content (AvgIpc) is 3.02. The fourth-order valence-corrected chi connectivity index (χ4v) is 4.03. The van der Waals surface area contributed by atoms with Crippen molar-refractivity contribution in [2.75, 3.05) is 11.1 Å². The van der Waals surface area contributed by atoms with Crippen LogP contribution in [0.2, 0.25) is 0 Å². The molecule has 1 aromatic carbocycles. The third-order valence-electron chi connectivity index (χ3n) is 3.76. The summed E-state index contributed by atoms with van der Waals surface area (Å²) in [5.41, 5.74) is 1.32. The maximum absolute atomic E-state index is 12.3. The van der Waals surface area contributed by atoms with Crippen LogP contribution in [-0.2, 0) is 10.2 Å². The number of aromatic nitrogens is 2. The van der Waals surface area contributed by atoms with Crippen LogP contribution in [0.5, 0.6) is 5.75 Å². The summed E-state index contributed by atoms with van der Waals surface area (Å²) in [5, 5.41) is 11.4. The Morgan fingerprint density at radius 2 is 1.96 bits per heavy atom. The van der Waals surface area contributed by atoms with Gasteiger partial charge in [-0.2, -0.15) is 0 Å². The number of hydrogen-bond acceptors (Lipinski definition) is 6. The molecule has 1 unspecified atom stereocenters. The molecule has 0 radical (unpaired) electrons. The lowest BCUT2D eigenvalue weighted by molar-refractivity contribution is -0.122. The first-order valence-electron chi connectivity index (χ1n) is 8.84.